The van der Waals surface area contributed by atoms with E-state index in [2.05, 4.69) is 5.32 Å². The van der Waals surface area contributed by atoms with Crippen LogP contribution in [0.15, 0.2) is 42.5 Å². The highest BCUT2D eigenvalue weighted by molar-refractivity contribution is 5.83. The number of rotatable bonds is 7. The average molecular weight is 301 g/mol. The lowest BCUT2D eigenvalue weighted by atomic mass is 10.0. The summed E-state index contributed by atoms with van der Waals surface area (Å²) < 4.78 is 4.91. The number of carbonyl (C=O) groups excluding carboxylic acids is 1. The molecule has 2 N–H and O–H groups in total. The van der Waals surface area contributed by atoms with Crippen LogP contribution in [-0.2, 0) is 9.53 Å². The summed E-state index contributed by atoms with van der Waals surface area (Å²) in [6.45, 7) is 4.49. The van der Waals surface area contributed by atoms with Gasteiger partial charge in [-0.25, -0.2) is 0 Å². The summed E-state index contributed by atoms with van der Waals surface area (Å²) in [5, 5.41) is 15.7. The molecule has 2 rings (SSSR count). The predicted molar refractivity (Wildman–Crippen MR) is 87.6 cm³/mol. The number of aliphatic hydroxyl groups excluding tert-OH is 1. The zero-order valence-corrected chi connectivity index (χ0v) is 13.1. The van der Waals surface area contributed by atoms with Crippen LogP contribution in [0.1, 0.15) is 31.9 Å². The minimum Gasteiger partial charge on any atom is -0.466 e. The molecule has 0 saturated carbocycles. The number of benzene rings is 2. The fourth-order valence-corrected chi connectivity index (χ4v) is 2.39. The van der Waals surface area contributed by atoms with E-state index in [4.69, 9.17) is 4.74 Å². The van der Waals surface area contributed by atoms with Crippen molar-refractivity contribution in [1.82, 2.24) is 5.32 Å². The second-order valence-electron chi connectivity index (χ2n) is 5.44. The van der Waals surface area contributed by atoms with Crippen LogP contribution in [0.3, 0.4) is 0 Å². The number of fused-ring (bicyclic) bond motifs is 1. The van der Waals surface area contributed by atoms with Gasteiger partial charge in [0.05, 0.1) is 19.1 Å². The number of esters is 1. The van der Waals surface area contributed by atoms with Gasteiger partial charge >= 0.3 is 5.97 Å². The van der Waals surface area contributed by atoms with Gasteiger partial charge in [-0.15, -0.1) is 0 Å². The minimum atomic E-state index is -0.603. The van der Waals surface area contributed by atoms with Crippen LogP contribution in [-0.4, -0.2) is 30.3 Å². The Morgan fingerprint density at radius 2 is 1.95 bits per heavy atom. The number of carbonyl (C=O) groups is 1. The van der Waals surface area contributed by atoms with Crippen molar-refractivity contribution in [2.24, 2.45) is 0 Å². The van der Waals surface area contributed by atoms with Gasteiger partial charge in [0, 0.05) is 12.6 Å². The summed E-state index contributed by atoms with van der Waals surface area (Å²) in [4.78, 5) is 11.4. The molecule has 118 valence electrons. The maximum Gasteiger partial charge on any atom is 0.307 e. The molecule has 0 radical (unpaired) electrons. The van der Waals surface area contributed by atoms with Gasteiger partial charge in [-0.1, -0.05) is 36.4 Å². The normalized spacial score (nSPS) is 13.8. The molecular formula is C18H23NO3. The zero-order valence-electron chi connectivity index (χ0n) is 13.1. The van der Waals surface area contributed by atoms with Gasteiger partial charge in [0.2, 0.25) is 0 Å². The molecule has 2 aromatic carbocycles. The Morgan fingerprint density at radius 3 is 2.68 bits per heavy atom. The first-order valence-electron chi connectivity index (χ1n) is 7.66. The molecule has 0 aliphatic heterocycles. The van der Waals surface area contributed by atoms with Gasteiger partial charge in [0.1, 0.15) is 0 Å². The van der Waals surface area contributed by atoms with Gasteiger partial charge < -0.3 is 15.2 Å². The number of ether oxygens (including phenoxy) is 1. The van der Waals surface area contributed by atoms with E-state index in [-0.39, 0.29) is 12.0 Å². The third-order valence-corrected chi connectivity index (χ3v) is 3.60. The van der Waals surface area contributed by atoms with E-state index < -0.39 is 6.10 Å². The van der Waals surface area contributed by atoms with E-state index >= 15 is 0 Å². The van der Waals surface area contributed by atoms with Crippen LogP contribution in [0.2, 0.25) is 0 Å². The lowest BCUT2D eigenvalue weighted by Crippen LogP contribution is -2.32. The largest absolute Gasteiger partial charge is 0.466 e. The molecule has 2 aromatic rings. The Labute approximate surface area is 131 Å². The highest BCUT2D eigenvalue weighted by atomic mass is 16.5. The van der Waals surface area contributed by atoms with Gasteiger partial charge in [0.15, 0.2) is 0 Å². The van der Waals surface area contributed by atoms with E-state index in [1.807, 2.05) is 49.4 Å². The summed E-state index contributed by atoms with van der Waals surface area (Å²) in [5.41, 5.74) is 0.870. The number of hydrogen-bond donors (Lipinski definition) is 2. The molecule has 0 spiro atoms. The van der Waals surface area contributed by atoms with Gasteiger partial charge in [-0.05, 0) is 36.2 Å². The molecule has 2 atom stereocenters. The van der Waals surface area contributed by atoms with E-state index in [1.165, 1.54) is 0 Å². The Bertz CT molecular complexity index is 627. The van der Waals surface area contributed by atoms with Crippen LogP contribution in [0.5, 0.6) is 0 Å². The third-order valence-electron chi connectivity index (χ3n) is 3.60. The van der Waals surface area contributed by atoms with Crippen LogP contribution in [0.4, 0.5) is 0 Å². The van der Waals surface area contributed by atoms with E-state index in [0.717, 1.165) is 16.3 Å². The molecule has 0 amide bonds. The number of nitrogens with one attached hydrogen (secondary N) is 1. The van der Waals surface area contributed by atoms with Gasteiger partial charge in [-0.3, -0.25) is 4.79 Å². The number of aliphatic hydroxyl groups is 1. The summed E-state index contributed by atoms with van der Waals surface area (Å²) in [6, 6.07) is 14.0. The number of hydrogen-bond acceptors (Lipinski definition) is 4. The van der Waals surface area contributed by atoms with Crippen LogP contribution < -0.4 is 5.32 Å². The van der Waals surface area contributed by atoms with Crippen molar-refractivity contribution in [1.29, 1.82) is 0 Å². The molecule has 0 aliphatic rings. The molecular weight excluding hydrogens is 278 g/mol. The fourth-order valence-electron chi connectivity index (χ4n) is 2.39. The highest BCUT2D eigenvalue weighted by Gasteiger charge is 2.13. The lowest BCUT2D eigenvalue weighted by molar-refractivity contribution is -0.143. The highest BCUT2D eigenvalue weighted by Crippen LogP contribution is 2.20. The van der Waals surface area contributed by atoms with Crippen molar-refractivity contribution < 1.29 is 14.6 Å². The molecule has 4 heteroatoms. The second kappa shape index (κ2) is 7.92. The first-order valence-corrected chi connectivity index (χ1v) is 7.66. The van der Waals surface area contributed by atoms with Crippen molar-refractivity contribution in [3.05, 3.63) is 48.0 Å². The van der Waals surface area contributed by atoms with Crippen LogP contribution in [0.25, 0.3) is 10.8 Å². The summed E-state index contributed by atoms with van der Waals surface area (Å²) >= 11 is 0. The lowest BCUT2D eigenvalue weighted by Gasteiger charge is -2.17. The van der Waals surface area contributed by atoms with Crippen molar-refractivity contribution in [2.75, 3.05) is 13.2 Å². The van der Waals surface area contributed by atoms with Crippen molar-refractivity contribution in [3.8, 4) is 0 Å². The maximum absolute atomic E-state index is 11.4. The Hall–Kier alpha value is -1.91. The van der Waals surface area contributed by atoms with Crippen molar-refractivity contribution in [2.45, 2.75) is 32.4 Å². The predicted octanol–water partition coefficient (Wildman–Crippen LogP) is 2.80. The first-order chi connectivity index (χ1) is 10.6. The Kier molecular flexibility index (Phi) is 5.92. The Balaban J connectivity index is 1.90. The summed E-state index contributed by atoms with van der Waals surface area (Å²) in [6.07, 6.45) is -0.299. The summed E-state index contributed by atoms with van der Waals surface area (Å²) in [5.74, 6) is -0.220. The average Bonchev–Trinajstić information content (AvgIpc) is 2.52. The molecule has 22 heavy (non-hydrogen) atoms. The van der Waals surface area contributed by atoms with E-state index in [0.29, 0.717) is 19.6 Å². The molecule has 0 saturated heterocycles. The van der Waals surface area contributed by atoms with E-state index in [1.54, 1.807) is 6.92 Å². The Morgan fingerprint density at radius 1 is 1.23 bits per heavy atom. The molecule has 4 nitrogen and oxygen atoms in total. The molecule has 0 bridgehead atoms. The van der Waals surface area contributed by atoms with Crippen molar-refractivity contribution >= 4 is 16.7 Å². The van der Waals surface area contributed by atoms with Crippen LogP contribution in [0, 0.1) is 0 Å². The third kappa shape index (κ3) is 4.55. The zero-order chi connectivity index (χ0) is 15.9. The first kappa shape index (κ1) is 16.5. The molecule has 0 unspecified atom stereocenters. The van der Waals surface area contributed by atoms with Gasteiger partial charge in [-0.2, -0.15) is 0 Å². The van der Waals surface area contributed by atoms with Crippen LogP contribution >= 0.6 is 0 Å². The second-order valence-corrected chi connectivity index (χ2v) is 5.44. The fraction of sp³-hybridized carbons (Fsp3) is 0.389. The molecule has 0 fully saturated rings. The monoisotopic (exact) mass is 301 g/mol. The smallest absolute Gasteiger partial charge is 0.307 e. The van der Waals surface area contributed by atoms with E-state index in [9.17, 15) is 9.90 Å². The molecule has 0 heterocycles. The van der Waals surface area contributed by atoms with Gasteiger partial charge in [0.25, 0.3) is 0 Å². The summed E-state index contributed by atoms with van der Waals surface area (Å²) in [7, 11) is 0. The topological polar surface area (TPSA) is 58.6 Å². The molecule has 0 aliphatic carbocycles. The molecule has 0 aromatic heterocycles. The SMILES string of the molecule is CCOC(=O)C[C@@H](C)NC[C@@H](O)c1ccc2ccccc2c1. The minimum absolute atomic E-state index is 0.0332. The quantitative estimate of drug-likeness (QED) is 0.772. The standard InChI is InChI=1S/C18H23NO3/c1-3-22-18(21)10-13(2)19-12-17(20)16-9-8-14-6-4-5-7-15(14)11-16/h4-9,11,13,17,19-20H,3,10,12H2,1-2H3/t13-,17-/m1/s1. The maximum atomic E-state index is 11.4. The van der Waals surface area contributed by atoms with Crippen molar-refractivity contribution in [3.63, 3.8) is 0 Å².